The lowest BCUT2D eigenvalue weighted by molar-refractivity contribution is -0.115. The van der Waals surface area contributed by atoms with E-state index in [1.807, 2.05) is 50.2 Å². The first-order chi connectivity index (χ1) is 13.5. The molecular weight excluding hydrogens is 350 g/mol. The van der Waals surface area contributed by atoms with Crippen LogP contribution in [0.3, 0.4) is 0 Å². The summed E-state index contributed by atoms with van der Waals surface area (Å²) in [5.74, 6) is -0.238. The average Bonchev–Trinajstić information content (AvgIpc) is 2.70. The molecule has 1 heterocycles. The van der Waals surface area contributed by atoms with Gasteiger partial charge in [0.05, 0.1) is 11.4 Å². The molecular formula is C23H23N3O2. The Hall–Kier alpha value is -3.47. The fourth-order valence-corrected chi connectivity index (χ4v) is 2.90. The van der Waals surface area contributed by atoms with E-state index < -0.39 is 0 Å². The molecule has 0 spiro atoms. The molecule has 2 aromatic carbocycles. The second-order valence-corrected chi connectivity index (χ2v) is 6.65. The molecule has 0 aliphatic rings. The first kappa shape index (κ1) is 19.3. The van der Waals surface area contributed by atoms with E-state index in [-0.39, 0.29) is 11.8 Å². The molecule has 28 heavy (non-hydrogen) atoms. The van der Waals surface area contributed by atoms with Crippen LogP contribution in [-0.4, -0.2) is 16.8 Å². The van der Waals surface area contributed by atoms with Gasteiger partial charge in [-0.1, -0.05) is 36.8 Å². The van der Waals surface area contributed by atoms with Crippen molar-refractivity contribution in [3.8, 4) is 11.3 Å². The van der Waals surface area contributed by atoms with Gasteiger partial charge in [0, 0.05) is 29.4 Å². The fraction of sp³-hybridized carbons (Fsp3) is 0.174. The van der Waals surface area contributed by atoms with E-state index in [1.165, 1.54) is 0 Å². The molecule has 2 N–H and O–H groups in total. The summed E-state index contributed by atoms with van der Waals surface area (Å²) in [6, 6.07) is 16.7. The van der Waals surface area contributed by atoms with E-state index >= 15 is 0 Å². The van der Waals surface area contributed by atoms with Crippen LogP contribution in [0.2, 0.25) is 0 Å². The van der Waals surface area contributed by atoms with Crippen LogP contribution in [0.15, 0.2) is 60.8 Å². The van der Waals surface area contributed by atoms with Crippen LogP contribution >= 0.6 is 0 Å². The maximum Gasteiger partial charge on any atom is 0.255 e. The van der Waals surface area contributed by atoms with E-state index in [9.17, 15) is 9.59 Å². The minimum Gasteiger partial charge on any atom is -0.324 e. The summed E-state index contributed by atoms with van der Waals surface area (Å²) in [6.07, 6.45) is 2.07. The van der Waals surface area contributed by atoms with E-state index in [2.05, 4.69) is 15.6 Å². The van der Waals surface area contributed by atoms with E-state index in [0.717, 1.165) is 22.4 Å². The maximum absolute atomic E-state index is 12.6. The first-order valence-corrected chi connectivity index (χ1v) is 9.22. The highest BCUT2D eigenvalue weighted by atomic mass is 16.2. The zero-order chi connectivity index (χ0) is 20.1. The highest BCUT2D eigenvalue weighted by Crippen LogP contribution is 2.26. The van der Waals surface area contributed by atoms with Crippen molar-refractivity contribution in [3.05, 3.63) is 77.5 Å². The van der Waals surface area contributed by atoms with Gasteiger partial charge >= 0.3 is 0 Å². The van der Waals surface area contributed by atoms with Crippen molar-refractivity contribution in [2.24, 2.45) is 0 Å². The second kappa shape index (κ2) is 8.48. The smallest absolute Gasteiger partial charge is 0.255 e. The van der Waals surface area contributed by atoms with E-state index in [1.54, 1.807) is 31.3 Å². The largest absolute Gasteiger partial charge is 0.324 e. The Morgan fingerprint density at radius 1 is 0.929 bits per heavy atom. The standard InChI is InChI=1S/C23H23N3O2/c1-4-21(27)25-20-6-5-13-24-22(20)17-8-10-18(11-9-17)23(28)26-19-12-7-15(2)14-16(19)3/h5-14H,4H2,1-3H3,(H,25,27)(H,26,28). The number of anilines is 2. The number of aromatic nitrogens is 1. The molecule has 0 radical (unpaired) electrons. The lowest BCUT2D eigenvalue weighted by Gasteiger charge is -2.11. The van der Waals surface area contributed by atoms with Crippen molar-refractivity contribution >= 4 is 23.2 Å². The zero-order valence-electron chi connectivity index (χ0n) is 16.2. The van der Waals surface area contributed by atoms with Crippen molar-refractivity contribution in [1.29, 1.82) is 0 Å². The molecule has 0 bridgehead atoms. The van der Waals surface area contributed by atoms with Crippen LogP contribution in [0.5, 0.6) is 0 Å². The molecule has 0 saturated carbocycles. The van der Waals surface area contributed by atoms with Crippen LogP contribution in [0.25, 0.3) is 11.3 Å². The normalized spacial score (nSPS) is 10.4. The van der Waals surface area contributed by atoms with Gasteiger partial charge in [-0.25, -0.2) is 0 Å². The predicted octanol–water partition coefficient (Wildman–Crippen LogP) is 4.97. The number of benzene rings is 2. The molecule has 0 atom stereocenters. The summed E-state index contributed by atoms with van der Waals surface area (Å²) < 4.78 is 0. The van der Waals surface area contributed by atoms with Gasteiger partial charge in [0.2, 0.25) is 5.91 Å². The summed E-state index contributed by atoms with van der Waals surface area (Å²) in [5, 5.41) is 5.81. The van der Waals surface area contributed by atoms with Crippen molar-refractivity contribution in [2.45, 2.75) is 27.2 Å². The molecule has 142 valence electrons. The molecule has 0 fully saturated rings. The number of rotatable bonds is 5. The first-order valence-electron chi connectivity index (χ1n) is 9.22. The molecule has 0 aliphatic heterocycles. The highest BCUT2D eigenvalue weighted by Gasteiger charge is 2.11. The monoisotopic (exact) mass is 373 g/mol. The van der Waals surface area contributed by atoms with Crippen molar-refractivity contribution in [1.82, 2.24) is 4.98 Å². The fourth-order valence-electron chi connectivity index (χ4n) is 2.90. The number of hydrogen-bond acceptors (Lipinski definition) is 3. The van der Waals surface area contributed by atoms with Gasteiger partial charge in [-0.15, -0.1) is 0 Å². The third kappa shape index (κ3) is 4.43. The number of nitrogens with zero attached hydrogens (tertiary/aromatic N) is 1. The van der Waals surface area contributed by atoms with Crippen LogP contribution in [0, 0.1) is 13.8 Å². The summed E-state index contributed by atoms with van der Waals surface area (Å²) in [6.45, 7) is 5.79. The average molecular weight is 373 g/mol. The quantitative estimate of drug-likeness (QED) is 0.663. The molecule has 0 saturated heterocycles. The number of aryl methyl sites for hydroxylation is 2. The number of carbonyl (C=O) groups excluding carboxylic acids is 2. The molecule has 0 aliphatic carbocycles. The second-order valence-electron chi connectivity index (χ2n) is 6.65. The summed E-state index contributed by atoms with van der Waals surface area (Å²) in [4.78, 5) is 28.7. The molecule has 3 aromatic rings. The van der Waals surface area contributed by atoms with Gasteiger partial charge in [0.25, 0.3) is 5.91 Å². The molecule has 3 rings (SSSR count). The third-order valence-corrected chi connectivity index (χ3v) is 4.45. The molecule has 5 nitrogen and oxygen atoms in total. The van der Waals surface area contributed by atoms with Crippen LogP contribution in [0.1, 0.15) is 34.8 Å². The number of hydrogen-bond donors (Lipinski definition) is 2. The number of pyridine rings is 1. The Labute approximate surface area is 164 Å². The highest BCUT2D eigenvalue weighted by molar-refractivity contribution is 6.05. The summed E-state index contributed by atoms with van der Waals surface area (Å²) in [7, 11) is 0. The predicted molar refractivity (Wildman–Crippen MR) is 112 cm³/mol. The van der Waals surface area contributed by atoms with Crippen LogP contribution < -0.4 is 10.6 Å². The topological polar surface area (TPSA) is 71.1 Å². The summed E-state index contributed by atoms with van der Waals surface area (Å²) in [5.41, 5.74) is 5.69. The Bertz CT molecular complexity index is 1010. The van der Waals surface area contributed by atoms with Gasteiger partial charge in [0.1, 0.15) is 0 Å². The minimum atomic E-state index is -0.168. The number of amides is 2. The minimum absolute atomic E-state index is 0.0706. The summed E-state index contributed by atoms with van der Waals surface area (Å²) >= 11 is 0. The van der Waals surface area contributed by atoms with Crippen LogP contribution in [0.4, 0.5) is 11.4 Å². The Kier molecular flexibility index (Phi) is 5.84. The Morgan fingerprint density at radius 2 is 1.68 bits per heavy atom. The van der Waals surface area contributed by atoms with Gasteiger partial charge in [-0.2, -0.15) is 0 Å². The Morgan fingerprint density at radius 3 is 2.36 bits per heavy atom. The molecule has 1 aromatic heterocycles. The van der Waals surface area contributed by atoms with Crippen molar-refractivity contribution in [2.75, 3.05) is 10.6 Å². The zero-order valence-corrected chi connectivity index (χ0v) is 16.2. The van der Waals surface area contributed by atoms with Gasteiger partial charge in [0.15, 0.2) is 0 Å². The SMILES string of the molecule is CCC(=O)Nc1cccnc1-c1ccc(C(=O)Nc2ccc(C)cc2C)cc1. The van der Waals surface area contributed by atoms with Crippen molar-refractivity contribution in [3.63, 3.8) is 0 Å². The van der Waals surface area contributed by atoms with Gasteiger partial charge in [-0.05, 0) is 49.7 Å². The van der Waals surface area contributed by atoms with Crippen molar-refractivity contribution < 1.29 is 9.59 Å². The maximum atomic E-state index is 12.6. The van der Waals surface area contributed by atoms with Gasteiger partial charge in [-0.3, -0.25) is 14.6 Å². The lowest BCUT2D eigenvalue weighted by atomic mass is 10.1. The molecule has 0 unspecified atom stereocenters. The van der Waals surface area contributed by atoms with E-state index in [4.69, 9.17) is 0 Å². The lowest BCUT2D eigenvalue weighted by Crippen LogP contribution is -2.13. The van der Waals surface area contributed by atoms with Gasteiger partial charge < -0.3 is 10.6 Å². The Balaban J connectivity index is 1.80. The third-order valence-electron chi connectivity index (χ3n) is 4.45. The number of nitrogens with one attached hydrogen (secondary N) is 2. The number of carbonyl (C=O) groups is 2. The molecule has 5 heteroatoms. The van der Waals surface area contributed by atoms with Crippen LogP contribution in [-0.2, 0) is 4.79 Å². The van der Waals surface area contributed by atoms with E-state index in [0.29, 0.717) is 23.4 Å². The molecule has 2 amide bonds.